The normalized spacial score (nSPS) is 15.1. The predicted molar refractivity (Wildman–Crippen MR) is 144 cm³/mol. The fraction of sp³-hybridized carbons (Fsp3) is 0.172. The Labute approximate surface area is 222 Å². The van der Waals surface area contributed by atoms with Gasteiger partial charge in [0, 0.05) is 46.3 Å². The first-order valence-electron chi connectivity index (χ1n) is 12.1. The van der Waals surface area contributed by atoms with Gasteiger partial charge in [-0.3, -0.25) is 14.4 Å². The van der Waals surface area contributed by atoms with Gasteiger partial charge >= 0.3 is 5.97 Å². The van der Waals surface area contributed by atoms with Gasteiger partial charge in [0.1, 0.15) is 5.82 Å². The molecule has 1 amide bonds. The van der Waals surface area contributed by atoms with Crippen molar-refractivity contribution in [1.82, 2.24) is 9.99 Å². The number of fused-ring (bicyclic) bond motifs is 1. The van der Waals surface area contributed by atoms with Crippen LogP contribution in [-0.4, -0.2) is 32.7 Å². The highest BCUT2D eigenvalue weighted by atomic mass is 35.5. The van der Waals surface area contributed by atoms with Crippen LogP contribution in [0.5, 0.6) is 0 Å². The standard InChI is InChI=1S/C29H23ClFN3O4/c30-18-14-12-17(13-15-18)27-20-7-2-4-9-22(20)32-29(38)28(27)23-16-24(19-6-1-3-8-21(19)31)34(33-23)25(35)10-5-11-26(36)37/h1-4,6-9,12-15,24H,5,10-11,16H2,(H,32,38)(H,36,37)/t24-/m0/s1. The van der Waals surface area contributed by atoms with Gasteiger partial charge in [-0.15, -0.1) is 0 Å². The summed E-state index contributed by atoms with van der Waals surface area (Å²) in [6.45, 7) is 0. The highest BCUT2D eigenvalue weighted by Crippen LogP contribution is 2.38. The Balaban J connectivity index is 1.66. The summed E-state index contributed by atoms with van der Waals surface area (Å²) in [4.78, 5) is 40.6. The van der Waals surface area contributed by atoms with E-state index in [4.69, 9.17) is 16.7 Å². The number of benzene rings is 3. The molecule has 0 aliphatic carbocycles. The Hall–Kier alpha value is -4.30. The Kier molecular flexibility index (Phi) is 7.07. The number of carbonyl (C=O) groups excluding carboxylic acids is 1. The van der Waals surface area contributed by atoms with Gasteiger partial charge in [-0.25, -0.2) is 9.40 Å². The lowest BCUT2D eigenvalue weighted by molar-refractivity contribution is -0.137. The highest BCUT2D eigenvalue weighted by molar-refractivity contribution is 6.30. The van der Waals surface area contributed by atoms with Gasteiger partial charge in [0.05, 0.1) is 17.3 Å². The van der Waals surface area contributed by atoms with Crippen LogP contribution in [0.3, 0.4) is 0 Å². The number of aromatic nitrogens is 1. The Bertz CT molecular complexity index is 1630. The zero-order valence-electron chi connectivity index (χ0n) is 20.2. The van der Waals surface area contributed by atoms with Crippen molar-refractivity contribution in [2.75, 3.05) is 0 Å². The number of hydrogen-bond donors (Lipinski definition) is 2. The average molecular weight is 532 g/mol. The number of carboxylic acid groups (broad SMARTS) is 1. The van der Waals surface area contributed by atoms with Crippen LogP contribution in [-0.2, 0) is 9.59 Å². The molecule has 0 saturated heterocycles. The summed E-state index contributed by atoms with van der Waals surface area (Å²) in [6, 6.07) is 19.8. The molecule has 0 radical (unpaired) electrons. The maximum atomic E-state index is 14.9. The molecule has 0 bridgehead atoms. The van der Waals surface area contributed by atoms with Crippen LogP contribution in [0, 0.1) is 5.82 Å². The number of aliphatic carboxylic acids is 1. The van der Waals surface area contributed by atoms with E-state index in [1.165, 1.54) is 11.1 Å². The number of pyridine rings is 1. The van der Waals surface area contributed by atoms with Crippen molar-refractivity contribution in [2.45, 2.75) is 31.7 Å². The van der Waals surface area contributed by atoms with Crippen LogP contribution in [0.4, 0.5) is 4.39 Å². The van der Waals surface area contributed by atoms with Crippen LogP contribution in [0.15, 0.2) is 82.7 Å². The second-order valence-corrected chi connectivity index (χ2v) is 9.47. The van der Waals surface area contributed by atoms with Crippen molar-refractivity contribution in [1.29, 1.82) is 0 Å². The number of rotatable bonds is 7. The number of nitrogens with zero attached hydrogens (tertiary/aromatic N) is 2. The largest absolute Gasteiger partial charge is 0.481 e. The maximum absolute atomic E-state index is 14.9. The monoisotopic (exact) mass is 531 g/mol. The molecule has 3 aromatic carbocycles. The van der Waals surface area contributed by atoms with E-state index in [9.17, 15) is 18.8 Å². The lowest BCUT2D eigenvalue weighted by Gasteiger charge is -2.22. The quantitative estimate of drug-likeness (QED) is 0.309. The van der Waals surface area contributed by atoms with Gasteiger partial charge in [0.25, 0.3) is 5.56 Å². The van der Waals surface area contributed by atoms with Gasteiger partial charge in [-0.1, -0.05) is 60.1 Å². The molecule has 9 heteroatoms. The van der Waals surface area contributed by atoms with Crippen LogP contribution >= 0.6 is 11.6 Å². The molecule has 1 aliphatic rings. The van der Waals surface area contributed by atoms with E-state index in [1.54, 1.807) is 36.4 Å². The van der Waals surface area contributed by atoms with E-state index >= 15 is 0 Å². The fourth-order valence-electron chi connectivity index (χ4n) is 4.82. The molecule has 1 aromatic heterocycles. The SMILES string of the molecule is O=C(O)CCCC(=O)N1N=C(c2c(-c3ccc(Cl)cc3)c3ccccc3[nH]c2=O)C[C@H]1c1ccccc1F. The topological polar surface area (TPSA) is 103 Å². The van der Waals surface area contributed by atoms with Crippen LogP contribution in [0.2, 0.25) is 5.02 Å². The van der Waals surface area contributed by atoms with Gasteiger partial charge in [-0.2, -0.15) is 5.10 Å². The molecule has 4 aromatic rings. The fourth-order valence-corrected chi connectivity index (χ4v) is 4.95. The van der Waals surface area contributed by atoms with Gasteiger partial charge in [0.2, 0.25) is 5.91 Å². The van der Waals surface area contributed by atoms with Crippen molar-refractivity contribution in [3.63, 3.8) is 0 Å². The van der Waals surface area contributed by atoms with Crippen LogP contribution in [0.1, 0.15) is 42.9 Å². The van der Waals surface area contributed by atoms with E-state index in [-0.39, 0.29) is 42.4 Å². The van der Waals surface area contributed by atoms with Crippen molar-refractivity contribution < 1.29 is 19.1 Å². The first-order valence-corrected chi connectivity index (χ1v) is 12.5. The molecule has 2 N–H and O–H groups in total. The van der Waals surface area contributed by atoms with Crippen molar-refractivity contribution in [2.24, 2.45) is 5.10 Å². The van der Waals surface area contributed by atoms with Crippen molar-refractivity contribution in [3.05, 3.63) is 105 Å². The third-order valence-electron chi connectivity index (χ3n) is 6.55. The predicted octanol–water partition coefficient (Wildman–Crippen LogP) is 5.92. The summed E-state index contributed by atoms with van der Waals surface area (Å²) >= 11 is 6.12. The molecular formula is C29H23ClFN3O4. The number of halogens is 2. The van der Waals surface area contributed by atoms with Gasteiger partial charge < -0.3 is 10.1 Å². The first kappa shape index (κ1) is 25.4. The number of hydrogen-bond acceptors (Lipinski definition) is 4. The summed E-state index contributed by atoms with van der Waals surface area (Å²) in [5.74, 6) is -1.95. The second kappa shape index (κ2) is 10.6. The molecule has 2 heterocycles. The lowest BCUT2D eigenvalue weighted by atomic mass is 9.91. The minimum atomic E-state index is -1.01. The van der Waals surface area contributed by atoms with E-state index in [2.05, 4.69) is 10.1 Å². The van der Waals surface area contributed by atoms with E-state index in [1.807, 2.05) is 30.3 Å². The van der Waals surface area contributed by atoms with Gasteiger partial charge in [0.15, 0.2) is 0 Å². The molecule has 7 nitrogen and oxygen atoms in total. The number of carboxylic acids is 1. The Morgan fingerprint density at radius 3 is 2.45 bits per heavy atom. The van der Waals surface area contributed by atoms with Crippen molar-refractivity contribution >= 4 is 40.1 Å². The summed E-state index contributed by atoms with van der Waals surface area (Å²) in [5.41, 5.74) is 2.50. The molecule has 38 heavy (non-hydrogen) atoms. The summed E-state index contributed by atoms with van der Waals surface area (Å²) in [5, 5.41) is 16.1. The summed E-state index contributed by atoms with van der Waals surface area (Å²) in [6.07, 6.45) is -0.0303. The number of carbonyl (C=O) groups is 2. The Morgan fingerprint density at radius 1 is 1.00 bits per heavy atom. The van der Waals surface area contributed by atoms with Gasteiger partial charge in [-0.05, 0) is 36.2 Å². The van der Waals surface area contributed by atoms with Crippen molar-refractivity contribution in [3.8, 4) is 11.1 Å². The molecule has 5 rings (SSSR count). The zero-order chi connectivity index (χ0) is 26.8. The summed E-state index contributed by atoms with van der Waals surface area (Å²) in [7, 11) is 0. The number of amides is 1. The van der Waals surface area contributed by atoms with E-state index in [0.717, 1.165) is 10.9 Å². The number of para-hydroxylation sites is 1. The highest BCUT2D eigenvalue weighted by Gasteiger charge is 2.36. The van der Waals surface area contributed by atoms with Crippen LogP contribution in [0.25, 0.3) is 22.0 Å². The van der Waals surface area contributed by atoms with E-state index in [0.29, 0.717) is 21.8 Å². The molecular weight excluding hydrogens is 509 g/mol. The molecule has 0 saturated carbocycles. The number of aromatic amines is 1. The third-order valence-corrected chi connectivity index (χ3v) is 6.81. The minimum Gasteiger partial charge on any atom is -0.481 e. The smallest absolute Gasteiger partial charge is 0.303 e. The molecule has 1 aliphatic heterocycles. The first-order chi connectivity index (χ1) is 18.3. The number of H-pyrrole nitrogens is 1. The van der Waals surface area contributed by atoms with E-state index < -0.39 is 23.7 Å². The Morgan fingerprint density at radius 2 is 1.71 bits per heavy atom. The zero-order valence-corrected chi connectivity index (χ0v) is 20.9. The third kappa shape index (κ3) is 4.95. The van der Waals surface area contributed by atoms with Crippen LogP contribution < -0.4 is 5.56 Å². The average Bonchev–Trinajstić information content (AvgIpc) is 3.33. The summed E-state index contributed by atoms with van der Waals surface area (Å²) < 4.78 is 14.9. The maximum Gasteiger partial charge on any atom is 0.303 e. The molecule has 0 spiro atoms. The minimum absolute atomic E-state index is 0.0772. The number of hydrazone groups is 1. The molecule has 0 unspecified atom stereocenters. The molecule has 1 atom stereocenters. The molecule has 192 valence electrons. The second-order valence-electron chi connectivity index (χ2n) is 9.03. The molecule has 0 fully saturated rings. The lowest BCUT2D eigenvalue weighted by Crippen LogP contribution is -2.27. The number of nitrogens with one attached hydrogen (secondary N) is 1.